The van der Waals surface area contributed by atoms with Gasteiger partial charge in [0.05, 0.1) is 5.69 Å². The molecule has 1 aromatic carbocycles. The number of fused-ring (bicyclic) bond motifs is 1. The summed E-state index contributed by atoms with van der Waals surface area (Å²) in [7, 11) is 0. The minimum absolute atomic E-state index is 1.10. The highest BCUT2D eigenvalue weighted by atomic mass is 14.7. The van der Waals surface area contributed by atoms with Crippen molar-refractivity contribution in [2.75, 3.05) is 0 Å². The van der Waals surface area contributed by atoms with Crippen molar-refractivity contribution in [1.29, 1.82) is 0 Å². The quantitative estimate of drug-likeness (QED) is 0.710. The lowest BCUT2D eigenvalue weighted by Crippen LogP contribution is -2.03. The number of rotatable bonds is 1. The molecule has 1 heteroatoms. The van der Waals surface area contributed by atoms with Gasteiger partial charge in [-0.1, -0.05) is 30.3 Å². The summed E-state index contributed by atoms with van der Waals surface area (Å²) in [5.74, 6) is 0. The van der Waals surface area contributed by atoms with E-state index >= 15 is 0 Å². The average molecular weight is 221 g/mol. The van der Waals surface area contributed by atoms with Gasteiger partial charge in [-0.25, -0.2) is 0 Å². The molecule has 0 saturated carbocycles. The molecule has 0 spiro atoms. The zero-order valence-electron chi connectivity index (χ0n) is 9.98. The molecule has 84 valence electrons. The van der Waals surface area contributed by atoms with Crippen molar-refractivity contribution in [1.82, 2.24) is 4.98 Å². The minimum atomic E-state index is 1.10. The summed E-state index contributed by atoms with van der Waals surface area (Å²) < 4.78 is 0. The highest BCUT2D eigenvalue weighted by Crippen LogP contribution is 2.35. The molecule has 0 bridgehead atoms. The van der Waals surface area contributed by atoms with Gasteiger partial charge in [0.15, 0.2) is 0 Å². The van der Waals surface area contributed by atoms with E-state index in [2.05, 4.69) is 48.3 Å². The van der Waals surface area contributed by atoms with Gasteiger partial charge < -0.3 is 0 Å². The standard InChI is InChI=1S/C16H15N/c1-12-14-7-3-2-6-13(14)9-10-15(12)16-8-4-5-11-17-16/h2-8,11H,9-10H2,1H3. The van der Waals surface area contributed by atoms with Crippen LogP contribution in [0, 0.1) is 0 Å². The molecule has 1 aromatic heterocycles. The number of pyridine rings is 1. The van der Waals surface area contributed by atoms with E-state index in [9.17, 15) is 0 Å². The van der Waals surface area contributed by atoms with Crippen molar-refractivity contribution in [3.63, 3.8) is 0 Å². The van der Waals surface area contributed by atoms with Gasteiger partial charge in [-0.2, -0.15) is 0 Å². The van der Waals surface area contributed by atoms with Crippen molar-refractivity contribution in [2.24, 2.45) is 0 Å². The Balaban J connectivity index is 2.14. The molecule has 1 aliphatic carbocycles. The van der Waals surface area contributed by atoms with Gasteiger partial charge >= 0.3 is 0 Å². The van der Waals surface area contributed by atoms with Crippen LogP contribution in [0.25, 0.3) is 11.1 Å². The summed E-state index contributed by atoms with van der Waals surface area (Å²) in [5, 5.41) is 0. The lowest BCUT2D eigenvalue weighted by atomic mass is 9.85. The van der Waals surface area contributed by atoms with Crippen molar-refractivity contribution < 1.29 is 0 Å². The van der Waals surface area contributed by atoms with Gasteiger partial charge in [-0.3, -0.25) is 4.98 Å². The van der Waals surface area contributed by atoms with Gasteiger partial charge in [-0.15, -0.1) is 0 Å². The number of hydrogen-bond donors (Lipinski definition) is 0. The maximum Gasteiger partial charge on any atom is 0.0664 e. The smallest absolute Gasteiger partial charge is 0.0664 e. The third kappa shape index (κ3) is 1.78. The SMILES string of the molecule is CC1=C(c2ccccn2)CCc2ccccc21. The fourth-order valence-electron chi connectivity index (χ4n) is 2.58. The molecule has 0 atom stereocenters. The van der Waals surface area contributed by atoms with Gasteiger partial charge in [0.25, 0.3) is 0 Å². The van der Waals surface area contributed by atoms with E-state index in [0.29, 0.717) is 0 Å². The Morgan fingerprint density at radius 1 is 0.941 bits per heavy atom. The first-order chi connectivity index (χ1) is 8.36. The topological polar surface area (TPSA) is 12.9 Å². The van der Waals surface area contributed by atoms with Crippen LogP contribution in [-0.2, 0) is 6.42 Å². The van der Waals surface area contributed by atoms with Crippen LogP contribution < -0.4 is 0 Å². The van der Waals surface area contributed by atoms with Crippen LogP contribution in [0.4, 0.5) is 0 Å². The van der Waals surface area contributed by atoms with E-state index in [4.69, 9.17) is 0 Å². The predicted octanol–water partition coefficient (Wildman–Crippen LogP) is 3.96. The zero-order chi connectivity index (χ0) is 11.7. The largest absolute Gasteiger partial charge is 0.257 e. The molecular formula is C16H15N. The second kappa shape index (κ2) is 4.17. The van der Waals surface area contributed by atoms with Crippen LogP contribution in [0.3, 0.4) is 0 Å². The zero-order valence-corrected chi connectivity index (χ0v) is 9.98. The Bertz CT molecular complexity index is 567. The molecule has 0 fully saturated rings. The van der Waals surface area contributed by atoms with Crippen LogP contribution in [0.2, 0.25) is 0 Å². The van der Waals surface area contributed by atoms with Crippen molar-refractivity contribution in [3.8, 4) is 0 Å². The summed E-state index contributed by atoms with van der Waals surface area (Å²) >= 11 is 0. The molecule has 1 heterocycles. The van der Waals surface area contributed by atoms with Crippen LogP contribution in [0.1, 0.15) is 30.2 Å². The summed E-state index contributed by atoms with van der Waals surface area (Å²) in [6.07, 6.45) is 4.09. The molecule has 3 rings (SSSR count). The van der Waals surface area contributed by atoms with E-state index < -0.39 is 0 Å². The molecule has 0 radical (unpaired) electrons. The molecule has 0 saturated heterocycles. The molecular weight excluding hydrogens is 206 g/mol. The number of aryl methyl sites for hydroxylation is 1. The molecule has 1 nitrogen and oxygen atoms in total. The normalized spacial score (nSPS) is 14.6. The first kappa shape index (κ1) is 10.3. The fraction of sp³-hybridized carbons (Fsp3) is 0.188. The third-order valence-corrected chi connectivity index (χ3v) is 3.49. The Kier molecular flexibility index (Phi) is 2.52. The van der Waals surface area contributed by atoms with Gasteiger partial charge in [-0.05, 0) is 54.2 Å². The summed E-state index contributed by atoms with van der Waals surface area (Å²) in [4.78, 5) is 4.47. The van der Waals surface area contributed by atoms with Crippen LogP contribution in [0.15, 0.2) is 48.7 Å². The van der Waals surface area contributed by atoms with E-state index in [1.807, 2.05) is 12.3 Å². The second-order valence-corrected chi connectivity index (χ2v) is 4.48. The molecule has 0 amide bonds. The molecule has 17 heavy (non-hydrogen) atoms. The second-order valence-electron chi connectivity index (χ2n) is 4.48. The Morgan fingerprint density at radius 2 is 1.76 bits per heavy atom. The Hall–Kier alpha value is -1.89. The minimum Gasteiger partial charge on any atom is -0.257 e. The predicted molar refractivity (Wildman–Crippen MR) is 71.5 cm³/mol. The number of aromatic nitrogens is 1. The van der Waals surface area contributed by atoms with E-state index in [-0.39, 0.29) is 0 Å². The molecule has 1 aliphatic rings. The van der Waals surface area contributed by atoms with Gasteiger partial charge in [0.1, 0.15) is 0 Å². The Morgan fingerprint density at radius 3 is 2.59 bits per heavy atom. The van der Waals surface area contributed by atoms with E-state index in [1.165, 1.54) is 22.3 Å². The van der Waals surface area contributed by atoms with Crippen LogP contribution in [0.5, 0.6) is 0 Å². The molecule has 2 aromatic rings. The first-order valence-corrected chi connectivity index (χ1v) is 6.05. The first-order valence-electron chi connectivity index (χ1n) is 6.05. The maximum atomic E-state index is 4.47. The summed E-state index contributed by atoms with van der Waals surface area (Å²) in [5.41, 5.74) is 6.75. The number of benzene rings is 1. The fourth-order valence-corrected chi connectivity index (χ4v) is 2.58. The molecule has 0 N–H and O–H groups in total. The van der Waals surface area contributed by atoms with Crippen molar-refractivity contribution in [2.45, 2.75) is 19.8 Å². The highest BCUT2D eigenvalue weighted by molar-refractivity contribution is 5.91. The maximum absolute atomic E-state index is 4.47. The van der Waals surface area contributed by atoms with Gasteiger partial charge in [0, 0.05) is 6.20 Å². The van der Waals surface area contributed by atoms with E-state index in [1.54, 1.807) is 0 Å². The van der Waals surface area contributed by atoms with Crippen LogP contribution in [-0.4, -0.2) is 4.98 Å². The molecule has 0 aliphatic heterocycles. The van der Waals surface area contributed by atoms with E-state index in [0.717, 1.165) is 18.5 Å². The lowest BCUT2D eigenvalue weighted by Gasteiger charge is -2.20. The van der Waals surface area contributed by atoms with Crippen LogP contribution >= 0.6 is 0 Å². The number of hydrogen-bond acceptors (Lipinski definition) is 1. The lowest BCUT2D eigenvalue weighted by molar-refractivity contribution is 0.981. The van der Waals surface area contributed by atoms with Gasteiger partial charge in [0.2, 0.25) is 0 Å². The summed E-state index contributed by atoms with van der Waals surface area (Å²) in [6.45, 7) is 2.21. The Labute approximate surface area is 102 Å². The van der Waals surface area contributed by atoms with Crippen molar-refractivity contribution in [3.05, 3.63) is 65.5 Å². The average Bonchev–Trinajstić information content (AvgIpc) is 2.40. The number of allylic oxidation sites excluding steroid dienone is 2. The molecule has 0 unspecified atom stereocenters. The summed E-state index contributed by atoms with van der Waals surface area (Å²) in [6, 6.07) is 14.8. The number of nitrogens with zero attached hydrogens (tertiary/aromatic N) is 1. The van der Waals surface area contributed by atoms with Crippen molar-refractivity contribution >= 4 is 11.1 Å². The third-order valence-electron chi connectivity index (χ3n) is 3.49. The monoisotopic (exact) mass is 221 g/mol. The highest BCUT2D eigenvalue weighted by Gasteiger charge is 2.16.